The summed E-state index contributed by atoms with van der Waals surface area (Å²) in [6, 6.07) is 1.13. The van der Waals surface area contributed by atoms with Crippen LogP contribution in [0, 0.1) is 6.92 Å². The van der Waals surface area contributed by atoms with Gasteiger partial charge in [-0.1, -0.05) is 11.6 Å². The highest BCUT2D eigenvalue weighted by Gasteiger charge is 2.26. The number of amides is 1. The Bertz CT molecular complexity index is 401. The van der Waals surface area contributed by atoms with Gasteiger partial charge in [-0.2, -0.15) is 0 Å². The lowest BCUT2D eigenvalue weighted by Crippen LogP contribution is -2.50. The van der Waals surface area contributed by atoms with Gasteiger partial charge in [0.15, 0.2) is 0 Å². The zero-order valence-corrected chi connectivity index (χ0v) is 10.3. The Morgan fingerprint density at radius 2 is 2.41 bits per heavy atom. The van der Waals surface area contributed by atoms with Crippen molar-refractivity contribution in [3.8, 4) is 0 Å². The van der Waals surface area contributed by atoms with Crippen molar-refractivity contribution in [3.05, 3.63) is 22.5 Å². The third-order valence-electron chi connectivity index (χ3n) is 2.92. The number of H-pyrrole nitrogens is 1. The first kappa shape index (κ1) is 12.4. The lowest BCUT2D eigenvalue weighted by molar-refractivity contribution is 0.0887. The van der Waals surface area contributed by atoms with Gasteiger partial charge in [0, 0.05) is 12.2 Å². The van der Waals surface area contributed by atoms with E-state index in [9.17, 15) is 9.18 Å². The van der Waals surface area contributed by atoms with E-state index in [1.807, 2.05) is 0 Å². The first-order valence-corrected chi connectivity index (χ1v) is 5.96. The van der Waals surface area contributed by atoms with E-state index >= 15 is 0 Å². The predicted molar refractivity (Wildman–Crippen MR) is 64.2 cm³/mol. The molecule has 0 saturated carbocycles. The zero-order chi connectivity index (χ0) is 12.4. The molecule has 4 nitrogen and oxygen atoms in total. The third kappa shape index (κ3) is 2.79. The van der Waals surface area contributed by atoms with Gasteiger partial charge in [-0.15, -0.1) is 0 Å². The molecule has 3 N–H and O–H groups in total. The van der Waals surface area contributed by atoms with Gasteiger partial charge in [0.25, 0.3) is 5.91 Å². The molecule has 0 spiro atoms. The number of hydrogen-bond donors (Lipinski definition) is 3. The monoisotopic (exact) mass is 259 g/mol. The summed E-state index contributed by atoms with van der Waals surface area (Å²) < 4.78 is 13.5. The van der Waals surface area contributed by atoms with Gasteiger partial charge in [0.05, 0.1) is 11.1 Å². The second-order valence-electron chi connectivity index (χ2n) is 4.24. The summed E-state index contributed by atoms with van der Waals surface area (Å²) in [5, 5.41) is 6.13. The van der Waals surface area contributed by atoms with Gasteiger partial charge >= 0.3 is 0 Å². The van der Waals surface area contributed by atoms with E-state index in [0.717, 1.165) is 12.2 Å². The van der Waals surface area contributed by atoms with Gasteiger partial charge in [-0.3, -0.25) is 4.79 Å². The van der Waals surface area contributed by atoms with Gasteiger partial charge in [0.2, 0.25) is 0 Å². The maximum Gasteiger partial charge on any atom is 0.268 e. The molecule has 1 amide bonds. The average Bonchev–Trinajstić information content (AvgIpc) is 2.63. The van der Waals surface area contributed by atoms with Crippen LogP contribution in [0.5, 0.6) is 0 Å². The lowest BCUT2D eigenvalue weighted by atomic mass is 10.0. The predicted octanol–water partition coefficient (Wildman–Crippen LogP) is 1.41. The maximum atomic E-state index is 13.5. The Morgan fingerprint density at radius 1 is 1.65 bits per heavy atom. The Kier molecular flexibility index (Phi) is 3.69. The molecule has 2 heterocycles. The number of aromatic nitrogens is 1. The molecule has 1 aliphatic rings. The first-order chi connectivity index (χ1) is 8.08. The topological polar surface area (TPSA) is 56.9 Å². The van der Waals surface area contributed by atoms with E-state index in [0.29, 0.717) is 17.1 Å². The molecule has 1 aromatic rings. The smallest absolute Gasteiger partial charge is 0.268 e. The number of hydrogen-bond acceptors (Lipinski definition) is 2. The number of aryl methyl sites for hydroxylation is 1. The number of halogens is 2. The molecule has 1 saturated heterocycles. The molecular weight excluding hydrogens is 245 g/mol. The third-order valence-corrected chi connectivity index (χ3v) is 3.31. The molecule has 0 radical (unpaired) electrons. The second kappa shape index (κ2) is 5.06. The van der Waals surface area contributed by atoms with Crippen LogP contribution in [0.2, 0.25) is 5.02 Å². The van der Waals surface area contributed by atoms with Crippen molar-refractivity contribution in [1.29, 1.82) is 0 Å². The van der Waals surface area contributed by atoms with E-state index in [2.05, 4.69) is 15.6 Å². The number of carbonyl (C=O) groups is 1. The van der Waals surface area contributed by atoms with Crippen molar-refractivity contribution in [2.75, 3.05) is 13.1 Å². The lowest BCUT2D eigenvalue weighted by Gasteiger charge is -2.27. The van der Waals surface area contributed by atoms with Gasteiger partial charge in [-0.05, 0) is 26.0 Å². The van der Waals surface area contributed by atoms with Crippen LogP contribution in [0.15, 0.2) is 6.07 Å². The number of nitrogens with one attached hydrogen (secondary N) is 3. The normalized spacial score (nSPS) is 24.6. The van der Waals surface area contributed by atoms with Crippen molar-refractivity contribution >= 4 is 17.5 Å². The van der Waals surface area contributed by atoms with Crippen molar-refractivity contribution in [3.63, 3.8) is 0 Å². The molecule has 1 aliphatic heterocycles. The van der Waals surface area contributed by atoms with Crippen molar-refractivity contribution < 1.29 is 9.18 Å². The minimum atomic E-state index is -1.04. The number of piperidine rings is 1. The summed E-state index contributed by atoms with van der Waals surface area (Å²) in [7, 11) is 0. The molecule has 0 bridgehead atoms. The SMILES string of the molecule is Cc1[nH]c(C(=O)N[C@@H]2CCNC[C@@H]2F)cc1Cl. The molecule has 0 aromatic carbocycles. The molecule has 0 aliphatic carbocycles. The molecule has 0 unspecified atom stereocenters. The van der Waals surface area contributed by atoms with Crippen molar-refractivity contribution in [1.82, 2.24) is 15.6 Å². The first-order valence-electron chi connectivity index (χ1n) is 5.58. The minimum absolute atomic E-state index is 0.287. The van der Waals surface area contributed by atoms with Crippen LogP contribution in [0.3, 0.4) is 0 Å². The quantitative estimate of drug-likeness (QED) is 0.752. The number of alkyl halides is 1. The summed E-state index contributed by atoms with van der Waals surface area (Å²) in [4.78, 5) is 14.7. The summed E-state index contributed by atoms with van der Waals surface area (Å²) in [5.41, 5.74) is 1.11. The molecule has 1 fully saturated rings. The van der Waals surface area contributed by atoms with Crippen LogP contribution < -0.4 is 10.6 Å². The number of rotatable bonds is 2. The highest BCUT2D eigenvalue weighted by molar-refractivity contribution is 6.31. The highest BCUT2D eigenvalue weighted by Crippen LogP contribution is 2.16. The van der Waals surface area contributed by atoms with Crippen LogP contribution >= 0.6 is 11.6 Å². The molecule has 94 valence electrons. The minimum Gasteiger partial charge on any atom is -0.353 e. The molecular formula is C11H15ClFN3O. The summed E-state index contributed by atoms with van der Waals surface area (Å²) >= 11 is 5.85. The second-order valence-corrected chi connectivity index (χ2v) is 4.65. The van der Waals surface area contributed by atoms with Crippen LogP contribution in [0.4, 0.5) is 4.39 Å². The number of aromatic amines is 1. The Labute approximate surface area is 104 Å². The standard InChI is InChI=1S/C11H15ClFN3O/c1-6-7(12)4-10(15-6)11(17)16-9-2-3-14-5-8(9)13/h4,8-9,14-15H,2-3,5H2,1H3,(H,16,17)/t8-,9+/m0/s1. The summed E-state index contributed by atoms with van der Waals surface area (Å²) in [5.74, 6) is -0.311. The Balaban J connectivity index is 2.01. The van der Waals surface area contributed by atoms with Crippen LogP contribution in [-0.4, -0.2) is 36.2 Å². The molecule has 17 heavy (non-hydrogen) atoms. The Hall–Kier alpha value is -1.07. The van der Waals surface area contributed by atoms with Crippen LogP contribution in [0.1, 0.15) is 22.6 Å². The van der Waals surface area contributed by atoms with E-state index in [1.54, 1.807) is 13.0 Å². The molecule has 1 aromatic heterocycles. The van der Waals surface area contributed by atoms with E-state index in [1.165, 1.54) is 0 Å². The zero-order valence-electron chi connectivity index (χ0n) is 9.52. The van der Waals surface area contributed by atoms with Crippen LogP contribution in [0.25, 0.3) is 0 Å². The fourth-order valence-electron chi connectivity index (χ4n) is 1.88. The van der Waals surface area contributed by atoms with Crippen LogP contribution in [-0.2, 0) is 0 Å². The Morgan fingerprint density at radius 3 is 3.00 bits per heavy atom. The van der Waals surface area contributed by atoms with E-state index in [-0.39, 0.29) is 12.5 Å². The highest BCUT2D eigenvalue weighted by atomic mass is 35.5. The van der Waals surface area contributed by atoms with Crippen molar-refractivity contribution in [2.45, 2.75) is 25.6 Å². The number of carbonyl (C=O) groups excluding carboxylic acids is 1. The van der Waals surface area contributed by atoms with Gasteiger partial charge in [-0.25, -0.2) is 4.39 Å². The fraction of sp³-hybridized carbons (Fsp3) is 0.545. The molecule has 6 heteroatoms. The fourth-order valence-corrected chi connectivity index (χ4v) is 2.04. The van der Waals surface area contributed by atoms with E-state index in [4.69, 9.17) is 11.6 Å². The summed E-state index contributed by atoms with van der Waals surface area (Å²) in [6.07, 6.45) is -0.445. The van der Waals surface area contributed by atoms with Gasteiger partial charge < -0.3 is 15.6 Å². The maximum absolute atomic E-state index is 13.5. The van der Waals surface area contributed by atoms with Crippen molar-refractivity contribution in [2.24, 2.45) is 0 Å². The summed E-state index contributed by atoms with van der Waals surface area (Å²) in [6.45, 7) is 2.78. The van der Waals surface area contributed by atoms with E-state index < -0.39 is 12.2 Å². The van der Waals surface area contributed by atoms with Gasteiger partial charge in [0.1, 0.15) is 11.9 Å². The molecule has 2 rings (SSSR count). The largest absolute Gasteiger partial charge is 0.353 e. The molecule has 2 atom stereocenters. The average molecular weight is 260 g/mol.